The standard InChI is InChI=1S/C26H41N5O14.2H3N/c1-10(28-22(36)11(2)44-20-18(29-12(3)32)26-43-9-16(45-26)19(20)34)21(35)31-15(25(41)42)7-8-17(33)30-14(24(39)40)6-4-5-13(27)23(37)38;;/h10-11,13-16,18-20,26,34H,4-9,27H2,1-3H3,(H,28,36)(H,29,32)(H,30,33)(H,31,35)(H,37,38)(H,39,40)(H,41,42);2*1H3/t10-,11+,13-,14-,15+,16+,18+,19+,20+,26-;;/m0../s1. The molecule has 2 aliphatic rings. The number of carbonyl (C=O) groups excluding carboxylic acids is 6. The van der Waals surface area contributed by atoms with Crippen LogP contribution in [-0.4, -0.2) is 119 Å². The first-order valence-corrected chi connectivity index (χ1v) is 14.2. The highest BCUT2D eigenvalue weighted by Crippen LogP contribution is 2.30. The Bertz CT molecular complexity index is 1130. The first kappa shape index (κ1) is 43.0. The lowest BCUT2D eigenvalue weighted by Crippen LogP contribution is -2.62. The van der Waals surface area contributed by atoms with Crippen molar-refractivity contribution in [1.29, 1.82) is 0 Å². The second kappa shape index (κ2) is 19.6. The fourth-order valence-electron chi connectivity index (χ4n) is 4.63. The molecule has 0 spiro atoms. The number of quaternary nitrogens is 2. The van der Waals surface area contributed by atoms with Gasteiger partial charge in [0.1, 0.15) is 42.5 Å². The monoisotopic (exact) mass is 681 g/mol. The molecule has 10 atom stereocenters. The zero-order valence-corrected chi connectivity index (χ0v) is 26.9. The van der Waals surface area contributed by atoms with E-state index in [0.29, 0.717) is 0 Å². The lowest BCUT2D eigenvalue weighted by Gasteiger charge is -2.39. The van der Waals surface area contributed by atoms with E-state index in [2.05, 4.69) is 21.3 Å². The molecule has 270 valence electrons. The van der Waals surface area contributed by atoms with Crippen LogP contribution in [0.5, 0.6) is 0 Å². The topological polar surface area (TPSA) is 381 Å². The molecule has 0 aliphatic carbocycles. The Kier molecular flexibility index (Phi) is 18.0. The molecule has 0 aromatic heterocycles. The number of aliphatic hydroxyl groups is 1. The van der Waals surface area contributed by atoms with Crippen LogP contribution in [0.1, 0.15) is 52.9 Å². The van der Waals surface area contributed by atoms with E-state index in [1.807, 2.05) is 0 Å². The third-order valence-corrected chi connectivity index (χ3v) is 7.16. The Morgan fingerprint density at radius 2 is 1.53 bits per heavy atom. The van der Waals surface area contributed by atoms with Gasteiger partial charge in [-0.15, -0.1) is 0 Å². The van der Waals surface area contributed by atoms with E-state index in [1.165, 1.54) is 20.8 Å². The number of hydrogen-bond donors (Lipinski definition) is 9. The van der Waals surface area contributed by atoms with Crippen molar-refractivity contribution in [3.05, 3.63) is 0 Å². The number of hydrogen-bond acceptors (Lipinski definition) is 14. The molecule has 21 nitrogen and oxygen atoms in total. The van der Waals surface area contributed by atoms with E-state index < -0.39 is 115 Å². The number of amides is 4. The predicted molar refractivity (Wildman–Crippen MR) is 155 cm³/mol. The quantitative estimate of drug-likeness (QED) is 0.0651. The minimum Gasteiger partial charge on any atom is -0.548 e. The maximum atomic E-state index is 12.8. The Morgan fingerprint density at radius 1 is 0.936 bits per heavy atom. The highest BCUT2D eigenvalue weighted by atomic mass is 16.7. The van der Waals surface area contributed by atoms with Crippen LogP contribution in [0.4, 0.5) is 0 Å². The summed E-state index contributed by atoms with van der Waals surface area (Å²) in [5.41, 5.74) is 5.36. The molecule has 0 aromatic carbocycles. The zero-order chi connectivity index (χ0) is 34.0. The fourth-order valence-corrected chi connectivity index (χ4v) is 4.63. The van der Waals surface area contributed by atoms with Gasteiger partial charge in [0, 0.05) is 13.3 Å². The second-order valence-corrected chi connectivity index (χ2v) is 10.8. The smallest absolute Gasteiger partial charge is 0.320 e. The Morgan fingerprint density at radius 3 is 2.09 bits per heavy atom. The van der Waals surface area contributed by atoms with Gasteiger partial charge in [-0.3, -0.25) is 24.0 Å². The van der Waals surface area contributed by atoms with Crippen LogP contribution in [0.25, 0.3) is 0 Å². The van der Waals surface area contributed by atoms with Crippen LogP contribution in [0.3, 0.4) is 0 Å². The summed E-state index contributed by atoms with van der Waals surface area (Å²) in [5.74, 6) is -7.78. The first-order valence-electron chi connectivity index (χ1n) is 14.2. The molecule has 0 radical (unpaired) electrons. The van der Waals surface area contributed by atoms with E-state index in [4.69, 9.17) is 25.1 Å². The van der Waals surface area contributed by atoms with Crippen LogP contribution >= 0.6 is 0 Å². The van der Waals surface area contributed by atoms with Crippen molar-refractivity contribution >= 4 is 41.5 Å². The summed E-state index contributed by atoms with van der Waals surface area (Å²) in [5, 5.41) is 51.5. The molecule has 2 saturated heterocycles. The van der Waals surface area contributed by atoms with Gasteiger partial charge in [0.25, 0.3) is 0 Å². The molecule has 21 heteroatoms. The lowest BCUT2D eigenvalue weighted by molar-refractivity contribution is -0.310. The third-order valence-electron chi connectivity index (χ3n) is 7.16. The molecule has 0 saturated carbocycles. The number of carboxylic acids is 3. The number of fused-ring (bicyclic) bond motifs is 2. The molecule has 16 N–H and O–H groups in total. The van der Waals surface area contributed by atoms with Crippen molar-refractivity contribution in [3.8, 4) is 0 Å². The number of aliphatic carboxylic acids is 3. The molecular weight excluding hydrogens is 634 g/mol. The number of carboxylic acid groups (broad SMARTS) is 3. The average Bonchev–Trinajstić information content (AvgIpc) is 3.41. The minimum atomic E-state index is -1.75. The number of aliphatic hydroxyl groups excluding tert-OH is 1. The summed E-state index contributed by atoms with van der Waals surface area (Å²) in [6.07, 6.45) is -6.52. The summed E-state index contributed by atoms with van der Waals surface area (Å²) in [7, 11) is 0. The van der Waals surface area contributed by atoms with Gasteiger partial charge in [-0.2, -0.15) is 0 Å². The van der Waals surface area contributed by atoms with Crippen molar-refractivity contribution in [2.45, 2.75) is 114 Å². The number of rotatable bonds is 18. The van der Waals surface area contributed by atoms with Crippen molar-refractivity contribution in [2.24, 2.45) is 5.73 Å². The van der Waals surface area contributed by atoms with E-state index >= 15 is 0 Å². The van der Waals surface area contributed by atoms with Gasteiger partial charge in [-0.05, 0) is 39.5 Å². The van der Waals surface area contributed by atoms with Crippen LogP contribution < -0.4 is 49.5 Å². The fraction of sp³-hybridized carbons (Fsp3) is 0.731. The van der Waals surface area contributed by atoms with E-state index in [1.54, 1.807) is 0 Å². The van der Waals surface area contributed by atoms with Gasteiger partial charge in [-0.1, -0.05) is 0 Å². The molecule has 2 fully saturated rings. The van der Waals surface area contributed by atoms with Gasteiger partial charge in [-0.25, -0.2) is 0 Å². The summed E-state index contributed by atoms with van der Waals surface area (Å²) in [6, 6.07) is -6.65. The first-order chi connectivity index (χ1) is 21.0. The van der Waals surface area contributed by atoms with Crippen LogP contribution in [0.2, 0.25) is 0 Å². The molecule has 0 aromatic rings. The lowest BCUT2D eigenvalue weighted by atomic mass is 9.98. The summed E-state index contributed by atoms with van der Waals surface area (Å²) in [4.78, 5) is 83.1. The summed E-state index contributed by atoms with van der Waals surface area (Å²) < 4.78 is 16.6. The number of carbonyl (C=O) groups is 7. The molecular formula is C26H47N7O14. The average molecular weight is 682 g/mol. The normalized spacial score (nSPS) is 24.4. The van der Waals surface area contributed by atoms with Gasteiger partial charge in [0.2, 0.25) is 23.6 Å². The van der Waals surface area contributed by atoms with Crippen molar-refractivity contribution in [3.63, 3.8) is 0 Å². The minimum absolute atomic E-state index is 0. The van der Waals surface area contributed by atoms with Gasteiger partial charge >= 0.3 is 5.97 Å². The molecule has 2 rings (SSSR count). The highest BCUT2D eigenvalue weighted by Gasteiger charge is 2.52. The van der Waals surface area contributed by atoms with Gasteiger partial charge in [0.05, 0.1) is 30.6 Å². The van der Waals surface area contributed by atoms with Crippen LogP contribution in [0.15, 0.2) is 0 Å². The maximum absolute atomic E-state index is 12.8. The predicted octanol–water partition coefficient (Wildman–Crippen LogP) is -5.53. The Hall–Kier alpha value is -3.99. The second-order valence-electron chi connectivity index (χ2n) is 10.8. The molecule has 47 heavy (non-hydrogen) atoms. The van der Waals surface area contributed by atoms with Crippen LogP contribution in [-0.2, 0) is 47.8 Å². The summed E-state index contributed by atoms with van der Waals surface area (Å²) >= 11 is 0. The SMILES string of the molecule is CC(=O)N[C@H]1[C@H]2OC[C@@H](O2)[C@@H](O)[C@@H]1O[C@H](C)C(=O)N[C@@H](C)C(=O)N[C@H](CCC(=O)N[C@@H](CCC[C@H](N)C(=O)O)C(=O)[O-])C(=O)[O-].[NH4+].[NH4+]. The highest BCUT2D eigenvalue weighted by molar-refractivity contribution is 5.91. The molecule has 2 heterocycles. The number of nitrogens with one attached hydrogen (secondary N) is 4. The number of ether oxygens (including phenoxy) is 3. The van der Waals surface area contributed by atoms with Gasteiger partial charge in [0.15, 0.2) is 6.29 Å². The number of nitrogens with two attached hydrogens (primary N) is 1. The van der Waals surface area contributed by atoms with Crippen molar-refractivity contribution in [1.82, 2.24) is 33.6 Å². The molecule has 0 unspecified atom stereocenters. The van der Waals surface area contributed by atoms with Gasteiger partial charge < -0.3 is 83.5 Å². The summed E-state index contributed by atoms with van der Waals surface area (Å²) in [6.45, 7) is 3.86. The molecule has 2 aliphatic heterocycles. The molecule has 2 bridgehead atoms. The Labute approximate surface area is 269 Å². The van der Waals surface area contributed by atoms with Crippen LogP contribution in [0, 0.1) is 0 Å². The maximum Gasteiger partial charge on any atom is 0.320 e. The van der Waals surface area contributed by atoms with Crippen molar-refractivity contribution in [2.75, 3.05) is 6.61 Å². The Balaban J connectivity index is 0.0000106. The molecule has 4 amide bonds. The van der Waals surface area contributed by atoms with E-state index in [9.17, 15) is 48.9 Å². The third kappa shape index (κ3) is 13.0. The largest absolute Gasteiger partial charge is 0.548 e. The van der Waals surface area contributed by atoms with E-state index in [-0.39, 0.29) is 38.2 Å². The van der Waals surface area contributed by atoms with E-state index in [0.717, 1.165) is 0 Å². The van der Waals surface area contributed by atoms with Crippen molar-refractivity contribution < 1.29 is 68.2 Å². The zero-order valence-electron chi connectivity index (χ0n) is 26.9.